The zero-order valence-electron chi connectivity index (χ0n) is 13.7. The Hall–Kier alpha value is -3.05. The van der Waals surface area contributed by atoms with Crippen LogP contribution in [-0.2, 0) is 0 Å². The summed E-state index contributed by atoms with van der Waals surface area (Å²) in [5.41, 5.74) is 8.27. The van der Waals surface area contributed by atoms with Crippen molar-refractivity contribution in [3.63, 3.8) is 0 Å². The van der Waals surface area contributed by atoms with Gasteiger partial charge in [0.2, 0.25) is 5.13 Å². The van der Waals surface area contributed by atoms with Gasteiger partial charge in [-0.15, -0.1) is 11.3 Å². The molecular weight excluding hydrogens is 328 g/mol. The number of anilines is 1. The topological polar surface area (TPSA) is 50.2 Å². The van der Waals surface area contributed by atoms with Gasteiger partial charge in [0, 0.05) is 28.1 Å². The fourth-order valence-electron chi connectivity index (χ4n) is 2.67. The summed E-state index contributed by atoms with van der Waals surface area (Å²) < 4.78 is 0. The van der Waals surface area contributed by atoms with E-state index in [1.54, 1.807) is 0 Å². The molecule has 0 aliphatic carbocycles. The second-order valence-corrected chi connectivity index (χ2v) is 6.50. The van der Waals surface area contributed by atoms with E-state index < -0.39 is 0 Å². The van der Waals surface area contributed by atoms with Crippen LogP contribution in [0.5, 0.6) is 0 Å². The summed E-state index contributed by atoms with van der Waals surface area (Å²) in [6.45, 7) is 2.06. The van der Waals surface area contributed by atoms with Crippen LogP contribution in [0.2, 0.25) is 0 Å². The van der Waals surface area contributed by atoms with Crippen molar-refractivity contribution in [1.82, 2.24) is 9.97 Å². The molecule has 2 aromatic carbocycles. The maximum atomic E-state index is 4.57. The van der Waals surface area contributed by atoms with Crippen LogP contribution in [-0.4, -0.2) is 16.2 Å². The third-order valence-electron chi connectivity index (χ3n) is 3.94. The Balaban J connectivity index is 1.54. The first-order valence-corrected chi connectivity index (χ1v) is 8.83. The lowest BCUT2D eigenvalue weighted by Crippen LogP contribution is -1.93. The minimum Gasteiger partial charge on any atom is -0.256 e. The average molecular weight is 344 g/mol. The summed E-state index contributed by atoms with van der Waals surface area (Å²) >= 11 is 1.54. The van der Waals surface area contributed by atoms with Gasteiger partial charge in [0.05, 0.1) is 17.4 Å². The Morgan fingerprint density at radius 1 is 1.04 bits per heavy atom. The summed E-state index contributed by atoms with van der Waals surface area (Å²) in [6, 6.07) is 18.2. The monoisotopic (exact) mass is 344 g/mol. The van der Waals surface area contributed by atoms with Crippen LogP contribution in [0, 0.1) is 6.92 Å². The smallest absolute Gasteiger partial charge is 0.203 e. The van der Waals surface area contributed by atoms with E-state index in [0.717, 1.165) is 38.4 Å². The molecule has 0 atom stereocenters. The minimum atomic E-state index is 0.768. The van der Waals surface area contributed by atoms with Crippen LogP contribution in [0.1, 0.15) is 11.1 Å². The van der Waals surface area contributed by atoms with Gasteiger partial charge in [-0.25, -0.2) is 4.98 Å². The lowest BCUT2D eigenvalue weighted by Gasteiger charge is -2.04. The maximum Gasteiger partial charge on any atom is 0.203 e. The van der Waals surface area contributed by atoms with Crippen molar-refractivity contribution in [3.05, 3.63) is 77.3 Å². The number of thiazole rings is 1. The second kappa shape index (κ2) is 6.83. The molecular formula is C20H16N4S. The first-order valence-electron chi connectivity index (χ1n) is 7.95. The number of aryl methyl sites for hydroxylation is 1. The van der Waals surface area contributed by atoms with E-state index >= 15 is 0 Å². The zero-order valence-corrected chi connectivity index (χ0v) is 14.5. The molecule has 25 heavy (non-hydrogen) atoms. The Morgan fingerprint density at radius 2 is 1.92 bits per heavy atom. The number of nitrogens with one attached hydrogen (secondary N) is 1. The molecule has 4 aromatic rings. The molecule has 0 aliphatic rings. The van der Waals surface area contributed by atoms with Gasteiger partial charge in [-0.3, -0.25) is 10.4 Å². The van der Waals surface area contributed by atoms with Crippen molar-refractivity contribution in [1.29, 1.82) is 0 Å². The Bertz CT molecular complexity index is 1040. The van der Waals surface area contributed by atoms with Gasteiger partial charge < -0.3 is 0 Å². The van der Waals surface area contributed by atoms with E-state index in [0.29, 0.717) is 0 Å². The average Bonchev–Trinajstić information content (AvgIpc) is 3.14. The van der Waals surface area contributed by atoms with Crippen LogP contribution in [0.3, 0.4) is 0 Å². The molecule has 4 rings (SSSR count). The van der Waals surface area contributed by atoms with E-state index in [2.05, 4.69) is 45.6 Å². The molecule has 0 radical (unpaired) electrons. The largest absolute Gasteiger partial charge is 0.256 e. The number of aromatic nitrogens is 2. The van der Waals surface area contributed by atoms with Gasteiger partial charge in [0.1, 0.15) is 0 Å². The Labute approximate surface area is 149 Å². The zero-order chi connectivity index (χ0) is 17.1. The highest BCUT2D eigenvalue weighted by atomic mass is 32.1. The highest BCUT2D eigenvalue weighted by Crippen LogP contribution is 2.24. The molecule has 0 fully saturated rings. The van der Waals surface area contributed by atoms with Gasteiger partial charge in [-0.2, -0.15) is 5.10 Å². The molecule has 0 bridgehead atoms. The van der Waals surface area contributed by atoms with Crippen LogP contribution in [0.4, 0.5) is 5.13 Å². The van der Waals surface area contributed by atoms with Crippen molar-refractivity contribution >= 4 is 33.6 Å². The van der Waals surface area contributed by atoms with Crippen molar-refractivity contribution in [3.8, 4) is 11.3 Å². The predicted octanol–water partition coefficient (Wildman–Crippen LogP) is 5.11. The number of hydrazone groups is 1. The summed E-state index contributed by atoms with van der Waals surface area (Å²) in [4.78, 5) is 9.02. The molecule has 0 unspecified atom stereocenters. The molecule has 0 saturated heterocycles. The third kappa shape index (κ3) is 3.27. The molecule has 0 saturated carbocycles. The number of nitrogens with zero attached hydrogens (tertiary/aromatic N) is 3. The standard InChI is InChI=1S/C20H16N4S/c1-14-9-10-16(17-8-5-11-21-19(14)17)12-22-24-20-23-18(13-25-20)15-6-3-2-4-7-15/h2-13H,1H3,(H,23,24). The van der Waals surface area contributed by atoms with E-state index in [1.165, 1.54) is 11.3 Å². The highest BCUT2D eigenvalue weighted by Gasteiger charge is 2.04. The normalized spacial score (nSPS) is 11.2. The van der Waals surface area contributed by atoms with Gasteiger partial charge in [0.15, 0.2) is 0 Å². The number of benzene rings is 2. The lowest BCUT2D eigenvalue weighted by molar-refractivity contribution is 1.29. The van der Waals surface area contributed by atoms with Crippen LogP contribution in [0.15, 0.2) is 71.3 Å². The van der Waals surface area contributed by atoms with Gasteiger partial charge in [0.25, 0.3) is 0 Å². The van der Waals surface area contributed by atoms with Crippen molar-refractivity contribution in [2.45, 2.75) is 6.92 Å². The maximum absolute atomic E-state index is 4.57. The number of rotatable bonds is 4. The molecule has 0 aliphatic heterocycles. The second-order valence-electron chi connectivity index (χ2n) is 5.65. The molecule has 4 nitrogen and oxygen atoms in total. The van der Waals surface area contributed by atoms with Crippen LogP contribution in [0.25, 0.3) is 22.2 Å². The fourth-order valence-corrected chi connectivity index (χ4v) is 3.34. The van der Waals surface area contributed by atoms with E-state index in [9.17, 15) is 0 Å². The third-order valence-corrected chi connectivity index (χ3v) is 4.69. The summed E-state index contributed by atoms with van der Waals surface area (Å²) in [7, 11) is 0. The molecule has 1 N–H and O–H groups in total. The van der Waals surface area contributed by atoms with Crippen molar-refractivity contribution < 1.29 is 0 Å². The Morgan fingerprint density at radius 3 is 2.80 bits per heavy atom. The van der Waals surface area contributed by atoms with Crippen molar-refractivity contribution in [2.24, 2.45) is 5.10 Å². The summed E-state index contributed by atoms with van der Waals surface area (Å²) in [6.07, 6.45) is 3.63. The molecule has 0 spiro atoms. The minimum absolute atomic E-state index is 0.768. The fraction of sp³-hybridized carbons (Fsp3) is 0.0500. The predicted molar refractivity (Wildman–Crippen MR) is 105 cm³/mol. The first kappa shape index (κ1) is 15.5. The number of hydrogen-bond acceptors (Lipinski definition) is 5. The molecule has 5 heteroatoms. The molecule has 0 amide bonds. The van der Waals surface area contributed by atoms with Crippen LogP contribution >= 0.6 is 11.3 Å². The lowest BCUT2D eigenvalue weighted by atomic mass is 10.1. The molecule has 2 heterocycles. The summed E-state index contributed by atoms with van der Waals surface area (Å²) in [5, 5.41) is 8.23. The first-order chi connectivity index (χ1) is 12.3. The van der Waals surface area contributed by atoms with Gasteiger partial charge >= 0.3 is 0 Å². The van der Waals surface area contributed by atoms with Gasteiger partial charge in [-0.05, 0) is 18.6 Å². The summed E-state index contributed by atoms with van der Waals surface area (Å²) in [5.74, 6) is 0. The van der Waals surface area contributed by atoms with Crippen LogP contribution < -0.4 is 5.43 Å². The van der Waals surface area contributed by atoms with E-state index in [1.807, 2.05) is 54.2 Å². The Kier molecular flexibility index (Phi) is 4.23. The highest BCUT2D eigenvalue weighted by molar-refractivity contribution is 7.14. The quantitative estimate of drug-likeness (QED) is 0.413. The van der Waals surface area contributed by atoms with E-state index in [4.69, 9.17) is 0 Å². The molecule has 2 aromatic heterocycles. The number of hydrogen-bond donors (Lipinski definition) is 1. The number of pyridine rings is 1. The number of fused-ring (bicyclic) bond motifs is 1. The molecule has 122 valence electrons. The SMILES string of the molecule is Cc1ccc(C=NNc2nc(-c3ccccc3)cs2)c2cccnc12. The van der Waals surface area contributed by atoms with Gasteiger partial charge in [-0.1, -0.05) is 48.5 Å². The van der Waals surface area contributed by atoms with E-state index in [-0.39, 0.29) is 0 Å². The van der Waals surface area contributed by atoms with Crippen molar-refractivity contribution in [2.75, 3.05) is 5.43 Å².